The number of likely N-dealkylation sites (N-methyl/N-ethyl adjacent to an activating group) is 1. The van der Waals surface area contributed by atoms with Crippen molar-refractivity contribution in [3.05, 3.63) is 17.5 Å². The molecular formula is C13H23N5O. The van der Waals surface area contributed by atoms with Gasteiger partial charge in [0.05, 0.1) is 12.2 Å². The third-order valence-corrected chi connectivity index (χ3v) is 3.56. The van der Waals surface area contributed by atoms with Crippen molar-refractivity contribution >= 4 is 5.91 Å². The number of hydrogen-bond donors (Lipinski definition) is 1. The third kappa shape index (κ3) is 3.78. The molecule has 0 aromatic carbocycles. The highest BCUT2D eigenvalue weighted by Crippen LogP contribution is 2.04. The SMILES string of the molecule is Cc1nn(C)cc1CNCC(=O)N1CCN(C)CC1. The summed E-state index contributed by atoms with van der Waals surface area (Å²) in [5.74, 6) is 0.189. The Balaban J connectivity index is 1.73. The average Bonchev–Trinajstić information content (AvgIpc) is 2.68. The molecule has 6 nitrogen and oxygen atoms in total. The molecule has 0 radical (unpaired) electrons. The minimum Gasteiger partial charge on any atom is -0.339 e. The largest absolute Gasteiger partial charge is 0.339 e. The number of nitrogens with zero attached hydrogens (tertiary/aromatic N) is 4. The number of amides is 1. The smallest absolute Gasteiger partial charge is 0.236 e. The molecular weight excluding hydrogens is 242 g/mol. The van der Waals surface area contributed by atoms with E-state index in [0.717, 1.165) is 37.4 Å². The maximum atomic E-state index is 12.0. The van der Waals surface area contributed by atoms with Gasteiger partial charge in [0.15, 0.2) is 0 Å². The first-order valence-electron chi connectivity index (χ1n) is 6.72. The van der Waals surface area contributed by atoms with Crippen molar-refractivity contribution in [2.45, 2.75) is 13.5 Å². The summed E-state index contributed by atoms with van der Waals surface area (Å²) in [6.45, 7) is 6.68. The first-order chi connectivity index (χ1) is 9.06. The molecule has 0 spiro atoms. The molecule has 0 aliphatic carbocycles. The Morgan fingerprint density at radius 3 is 2.58 bits per heavy atom. The van der Waals surface area contributed by atoms with E-state index in [1.165, 1.54) is 0 Å². The van der Waals surface area contributed by atoms with Gasteiger partial charge < -0.3 is 15.1 Å². The highest BCUT2D eigenvalue weighted by Gasteiger charge is 2.18. The van der Waals surface area contributed by atoms with Crippen molar-refractivity contribution in [3.8, 4) is 0 Å². The van der Waals surface area contributed by atoms with Crippen LogP contribution in [0.4, 0.5) is 0 Å². The van der Waals surface area contributed by atoms with E-state index >= 15 is 0 Å². The molecule has 0 bridgehead atoms. The first kappa shape index (κ1) is 14.0. The minimum atomic E-state index is 0.189. The van der Waals surface area contributed by atoms with Crippen LogP contribution in [0.5, 0.6) is 0 Å². The molecule has 6 heteroatoms. The Bertz CT molecular complexity index is 434. The van der Waals surface area contributed by atoms with E-state index in [1.807, 2.05) is 25.1 Å². The fourth-order valence-corrected chi connectivity index (χ4v) is 2.29. The van der Waals surface area contributed by atoms with Gasteiger partial charge in [-0.25, -0.2) is 0 Å². The van der Waals surface area contributed by atoms with Crippen molar-refractivity contribution < 1.29 is 4.79 Å². The van der Waals surface area contributed by atoms with Crippen LogP contribution in [0.2, 0.25) is 0 Å². The standard InChI is InChI=1S/C13H23N5O/c1-11-12(10-17(3)15-11)8-14-9-13(19)18-6-4-16(2)5-7-18/h10,14H,4-9H2,1-3H3. The van der Waals surface area contributed by atoms with Gasteiger partial charge in [-0.3, -0.25) is 9.48 Å². The molecule has 2 heterocycles. The summed E-state index contributed by atoms with van der Waals surface area (Å²) in [6.07, 6.45) is 1.99. The minimum absolute atomic E-state index is 0.189. The van der Waals surface area contributed by atoms with Gasteiger partial charge in [0.2, 0.25) is 5.91 Å². The van der Waals surface area contributed by atoms with E-state index in [0.29, 0.717) is 13.1 Å². The molecule has 2 rings (SSSR count). The second-order valence-electron chi connectivity index (χ2n) is 5.20. The molecule has 19 heavy (non-hydrogen) atoms. The molecule has 1 aliphatic rings. The monoisotopic (exact) mass is 265 g/mol. The number of aryl methyl sites for hydroxylation is 2. The van der Waals surface area contributed by atoms with Gasteiger partial charge in [-0.2, -0.15) is 5.10 Å². The van der Waals surface area contributed by atoms with E-state index in [9.17, 15) is 4.79 Å². The molecule has 1 amide bonds. The van der Waals surface area contributed by atoms with Gasteiger partial charge in [0, 0.05) is 51.5 Å². The molecule has 1 aromatic heterocycles. The van der Waals surface area contributed by atoms with Crippen LogP contribution >= 0.6 is 0 Å². The molecule has 0 saturated carbocycles. The maximum Gasteiger partial charge on any atom is 0.236 e. The van der Waals surface area contributed by atoms with Crippen molar-refractivity contribution in [2.75, 3.05) is 39.8 Å². The number of rotatable bonds is 4. The predicted molar refractivity (Wildman–Crippen MR) is 73.7 cm³/mol. The van der Waals surface area contributed by atoms with E-state index < -0.39 is 0 Å². The van der Waals surface area contributed by atoms with E-state index in [2.05, 4.69) is 22.4 Å². The molecule has 1 aromatic rings. The number of carbonyl (C=O) groups excluding carboxylic acids is 1. The highest BCUT2D eigenvalue weighted by atomic mass is 16.2. The normalized spacial score (nSPS) is 16.9. The first-order valence-corrected chi connectivity index (χ1v) is 6.72. The molecule has 0 unspecified atom stereocenters. The Labute approximate surface area is 114 Å². The molecule has 0 atom stereocenters. The van der Waals surface area contributed by atoms with Gasteiger partial charge >= 0.3 is 0 Å². The lowest BCUT2D eigenvalue weighted by Gasteiger charge is -2.32. The van der Waals surface area contributed by atoms with Crippen LogP contribution in [0.15, 0.2) is 6.20 Å². The second kappa shape index (κ2) is 6.16. The predicted octanol–water partition coefficient (Wildman–Crippen LogP) is -0.408. The third-order valence-electron chi connectivity index (χ3n) is 3.56. The van der Waals surface area contributed by atoms with Gasteiger partial charge in [0.25, 0.3) is 0 Å². The van der Waals surface area contributed by atoms with Crippen LogP contribution in [-0.2, 0) is 18.4 Å². The van der Waals surface area contributed by atoms with E-state index in [4.69, 9.17) is 0 Å². The van der Waals surface area contributed by atoms with Gasteiger partial charge in [-0.1, -0.05) is 0 Å². The number of aromatic nitrogens is 2. The second-order valence-corrected chi connectivity index (χ2v) is 5.20. The molecule has 1 saturated heterocycles. The summed E-state index contributed by atoms with van der Waals surface area (Å²) < 4.78 is 1.80. The number of hydrogen-bond acceptors (Lipinski definition) is 4. The Kier molecular flexibility index (Phi) is 4.55. The van der Waals surface area contributed by atoms with Crippen LogP contribution in [-0.4, -0.2) is 65.3 Å². The van der Waals surface area contributed by atoms with Crippen LogP contribution in [0.1, 0.15) is 11.3 Å². The van der Waals surface area contributed by atoms with Gasteiger partial charge in [0.1, 0.15) is 0 Å². The van der Waals surface area contributed by atoms with Gasteiger partial charge in [-0.05, 0) is 14.0 Å². The summed E-state index contributed by atoms with van der Waals surface area (Å²) in [4.78, 5) is 16.2. The van der Waals surface area contributed by atoms with Crippen molar-refractivity contribution in [2.24, 2.45) is 7.05 Å². The zero-order valence-corrected chi connectivity index (χ0v) is 12.0. The summed E-state index contributed by atoms with van der Waals surface area (Å²) in [7, 11) is 4.00. The van der Waals surface area contributed by atoms with Crippen molar-refractivity contribution in [1.82, 2.24) is 24.9 Å². The maximum absolute atomic E-state index is 12.0. The lowest BCUT2D eigenvalue weighted by Crippen LogP contribution is -2.49. The number of carbonyl (C=O) groups is 1. The number of nitrogens with one attached hydrogen (secondary N) is 1. The lowest BCUT2D eigenvalue weighted by molar-refractivity contribution is -0.131. The zero-order chi connectivity index (χ0) is 13.8. The zero-order valence-electron chi connectivity index (χ0n) is 12.0. The topological polar surface area (TPSA) is 53.4 Å². The molecule has 1 aliphatic heterocycles. The summed E-state index contributed by atoms with van der Waals surface area (Å²) >= 11 is 0. The molecule has 1 N–H and O–H groups in total. The van der Waals surface area contributed by atoms with E-state index in [-0.39, 0.29) is 5.91 Å². The van der Waals surface area contributed by atoms with Crippen molar-refractivity contribution in [3.63, 3.8) is 0 Å². The summed E-state index contributed by atoms with van der Waals surface area (Å²) in [5, 5.41) is 7.49. The average molecular weight is 265 g/mol. The summed E-state index contributed by atoms with van der Waals surface area (Å²) in [6, 6.07) is 0. The quantitative estimate of drug-likeness (QED) is 0.804. The summed E-state index contributed by atoms with van der Waals surface area (Å²) in [5.41, 5.74) is 2.16. The molecule has 1 fully saturated rings. The van der Waals surface area contributed by atoms with Gasteiger partial charge in [-0.15, -0.1) is 0 Å². The fraction of sp³-hybridized carbons (Fsp3) is 0.692. The number of piperazine rings is 1. The van der Waals surface area contributed by atoms with Crippen LogP contribution in [0.25, 0.3) is 0 Å². The molecule has 106 valence electrons. The lowest BCUT2D eigenvalue weighted by atomic mass is 10.2. The fourth-order valence-electron chi connectivity index (χ4n) is 2.29. The Morgan fingerprint density at radius 2 is 2.00 bits per heavy atom. The Hall–Kier alpha value is -1.40. The van der Waals surface area contributed by atoms with Crippen molar-refractivity contribution in [1.29, 1.82) is 0 Å². The highest BCUT2D eigenvalue weighted by molar-refractivity contribution is 5.78. The van der Waals surface area contributed by atoms with Crippen LogP contribution in [0.3, 0.4) is 0 Å². The van der Waals surface area contributed by atoms with E-state index in [1.54, 1.807) is 4.68 Å². The van der Waals surface area contributed by atoms with Crippen LogP contribution < -0.4 is 5.32 Å². The Morgan fingerprint density at radius 1 is 1.32 bits per heavy atom. The van der Waals surface area contributed by atoms with Crippen LogP contribution in [0, 0.1) is 6.92 Å².